The molecule has 0 aliphatic heterocycles. The minimum Gasteiger partial charge on any atom is -0.493 e. The number of nitro groups is 1. The second kappa shape index (κ2) is 8.48. The Hall–Kier alpha value is -1.80. The van der Waals surface area contributed by atoms with E-state index in [9.17, 15) is 14.9 Å². The first-order valence-corrected chi connectivity index (χ1v) is 7.41. The normalized spacial score (nSPS) is 10.2. The van der Waals surface area contributed by atoms with Crippen LogP contribution in [-0.4, -0.2) is 35.1 Å². The van der Waals surface area contributed by atoms with Crippen LogP contribution >= 0.6 is 11.8 Å². The Kier molecular flexibility index (Phi) is 6.97. The number of carbonyl (C=O) groups is 1. The Morgan fingerprint density at radius 3 is 2.67 bits per heavy atom. The molecule has 1 aromatic carbocycles. The van der Waals surface area contributed by atoms with E-state index in [0.717, 1.165) is 11.8 Å². The number of hydrogen-bond acceptors (Lipinski definition) is 7. The van der Waals surface area contributed by atoms with E-state index in [4.69, 9.17) is 14.6 Å². The van der Waals surface area contributed by atoms with Gasteiger partial charge in [-0.3, -0.25) is 14.9 Å². The van der Waals surface area contributed by atoms with Crippen LogP contribution in [0.4, 0.5) is 5.69 Å². The fourth-order valence-electron chi connectivity index (χ4n) is 1.66. The molecule has 0 radical (unpaired) electrons. The molecule has 1 aromatic rings. The molecule has 8 heteroatoms. The molecule has 116 valence electrons. The van der Waals surface area contributed by atoms with Gasteiger partial charge in [-0.25, -0.2) is 0 Å². The molecule has 21 heavy (non-hydrogen) atoms. The maximum absolute atomic E-state index is 11.1. The van der Waals surface area contributed by atoms with Gasteiger partial charge in [0.2, 0.25) is 0 Å². The van der Waals surface area contributed by atoms with Crippen LogP contribution in [0.15, 0.2) is 12.1 Å². The second-order valence-electron chi connectivity index (χ2n) is 4.08. The van der Waals surface area contributed by atoms with Crippen molar-refractivity contribution in [3.63, 3.8) is 0 Å². The van der Waals surface area contributed by atoms with Gasteiger partial charge >= 0.3 is 0 Å². The van der Waals surface area contributed by atoms with Crippen molar-refractivity contribution in [3.05, 3.63) is 27.8 Å². The molecule has 0 aromatic heterocycles. The van der Waals surface area contributed by atoms with Crippen LogP contribution in [0.25, 0.3) is 0 Å². The summed E-state index contributed by atoms with van der Waals surface area (Å²) in [5, 5.41) is 20.1. The third-order valence-electron chi connectivity index (χ3n) is 2.74. The minimum atomic E-state index is -0.588. The summed E-state index contributed by atoms with van der Waals surface area (Å²) in [6, 6.07) is 2.60. The quantitative estimate of drug-likeness (QED) is 0.446. The van der Waals surface area contributed by atoms with Gasteiger partial charge in [0.1, 0.15) is 0 Å². The predicted molar refractivity (Wildman–Crippen MR) is 78.8 cm³/mol. The molecule has 0 unspecified atom stereocenters. The van der Waals surface area contributed by atoms with E-state index in [-0.39, 0.29) is 28.7 Å². The molecule has 0 aliphatic carbocycles. The summed E-state index contributed by atoms with van der Waals surface area (Å²) in [5.74, 6) is 0.527. The molecule has 7 nitrogen and oxygen atoms in total. The molecular weight excluding hydrogens is 298 g/mol. The van der Waals surface area contributed by atoms with Crippen LogP contribution in [0.2, 0.25) is 0 Å². The van der Waals surface area contributed by atoms with Crippen molar-refractivity contribution in [2.24, 2.45) is 0 Å². The number of benzene rings is 1. The Morgan fingerprint density at radius 2 is 2.14 bits per heavy atom. The summed E-state index contributed by atoms with van der Waals surface area (Å²) < 4.78 is 10.5. The lowest BCUT2D eigenvalue weighted by Gasteiger charge is -2.12. The lowest BCUT2D eigenvalue weighted by Crippen LogP contribution is -2.04. The number of rotatable bonds is 8. The molecule has 0 bridgehead atoms. The molecule has 0 atom stereocenters. The number of ether oxygens (including phenoxy) is 2. The lowest BCUT2D eigenvalue weighted by molar-refractivity contribution is -0.385. The average Bonchev–Trinajstić information content (AvgIpc) is 2.50. The van der Waals surface area contributed by atoms with Crippen molar-refractivity contribution >= 4 is 22.6 Å². The van der Waals surface area contributed by atoms with Crippen LogP contribution in [0, 0.1) is 10.1 Å². The molecule has 1 N–H and O–H groups in total. The van der Waals surface area contributed by atoms with Crippen LogP contribution in [-0.2, 0) is 11.4 Å². The van der Waals surface area contributed by atoms with Gasteiger partial charge in [0.15, 0.2) is 16.6 Å². The van der Waals surface area contributed by atoms with Crippen LogP contribution < -0.4 is 9.47 Å². The molecule has 0 saturated carbocycles. The van der Waals surface area contributed by atoms with Gasteiger partial charge in [0.25, 0.3) is 5.69 Å². The highest BCUT2D eigenvalue weighted by Gasteiger charge is 2.19. The molecule has 0 fully saturated rings. The van der Waals surface area contributed by atoms with Gasteiger partial charge in [0, 0.05) is 6.42 Å². The van der Waals surface area contributed by atoms with Gasteiger partial charge in [-0.2, -0.15) is 0 Å². The first-order chi connectivity index (χ1) is 10.0. The number of nitro benzene ring substituents is 1. The highest BCUT2D eigenvalue weighted by atomic mass is 32.2. The topological polar surface area (TPSA) is 98.9 Å². The number of nitrogens with zero attached hydrogens (tertiary/aromatic N) is 1. The van der Waals surface area contributed by atoms with Crippen LogP contribution in [0.1, 0.15) is 18.4 Å². The molecular formula is C13H17NO6S. The summed E-state index contributed by atoms with van der Waals surface area (Å²) in [6.45, 7) is -0.215. The van der Waals surface area contributed by atoms with Crippen molar-refractivity contribution in [2.75, 3.05) is 20.0 Å². The van der Waals surface area contributed by atoms with Gasteiger partial charge in [-0.15, -0.1) is 0 Å². The third kappa shape index (κ3) is 4.91. The summed E-state index contributed by atoms with van der Waals surface area (Å²) in [4.78, 5) is 21.5. The molecule has 0 spiro atoms. The van der Waals surface area contributed by atoms with Gasteiger partial charge in [0.05, 0.1) is 36.9 Å². The maximum Gasteiger partial charge on any atom is 0.278 e. The van der Waals surface area contributed by atoms with E-state index in [1.165, 1.54) is 19.2 Å². The molecule has 0 aliphatic rings. The largest absolute Gasteiger partial charge is 0.493 e. The minimum absolute atomic E-state index is 0.0622. The van der Waals surface area contributed by atoms with Gasteiger partial charge in [-0.05, 0) is 18.7 Å². The Balaban J connectivity index is 2.82. The van der Waals surface area contributed by atoms with E-state index in [1.54, 1.807) is 6.26 Å². The number of aliphatic hydroxyl groups is 1. The zero-order valence-corrected chi connectivity index (χ0v) is 12.6. The number of hydrogen-bond donors (Lipinski definition) is 1. The fourth-order valence-corrected chi connectivity index (χ4v) is 2.01. The Morgan fingerprint density at radius 1 is 1.43 bits per heavy atom. The number of thioether (sulfide) groups is 1. The first kappa shape index (κ1) is 17.3. The SMILES string of the molecule is COc1cc(CO)c([N+](=O)[O-])cc1OCCCC(=O)SC. The summed E-state index contributed by atoms with van der Waals surface area (Å²) >= 11 is 1.15. The lowest BCUT2D eigenvalue weighted by atomic mass is 10.1. The van der Waals surface area contributed by atoms with E-state index >= 15 is 0 Å². The Labute approximate surface area is 126 Å². The van der Waals surface area contributed by atoms with Crippen molar-refractivity contribution in [3.8, 4) is 11.5 Å². The van der Waals surface area contributed by atoms with Crippen molar-refractivity contribution < 1.29 is 24.3 Å². The van der Waals surface area contributed by atoms with E-state index in [2.05, 4.69) is 0 Å². The molecule has 1 rings (SSSR count). The third-order valence-corrected chi connectivity index (χ3v) is 3.40. The highest BCUT2D eigenvalue weighted by Crippen LogP contribution is 2.34. The summed E-state index contributed by atoms with van der Waals surface area (Å²) in [5.41, 5.74) is -0.0738. The van der Waals surface area contributed by atoms with Gasteiger partial charge in [-0.1, -0.05) is 11.8 Å². The molecule has 0 heterocycles. The summed E-state index contributed by atoms with van der Waals surface area (Å²) in [6.07, 6.45) is 2.60. The number of methoxy groups -OCH3 is 1. The summed E-state index contributed by atoms with van der Waals surface area (Å²) in [7, 11) is 1.41. The number of aliphatic hydroxyl groups excluding tert-OH is 1. The monoisotopic (exact) mass is 315 g/mol. The molecule has 0 amide bonds. The standard InChI is InChI=1S/C13H17NO6S/c1-19-11-6-9(8-15)10(14(17)18)7-12(11)20-5-3-4-13(16)21-2/h6-7,15H,3-5,8H2,1-2H3. The van der Waals surface area contributed by atoms with Crippen molar-refractivity contribution in [1.82, 2.24) is 0 Å². The fraction of sp³-hybridized carbons (Fsp3) is 0.462. The first-order valence-electron chi connectivity index (χ1n) is 6.19. The zero-order valence-electron chi connectivity index (χ0n) is 11.8. The Bertz CT molecular complexity index is 520. The second-order valence-corrected chi connectivity index (χ2v) is 4.94. The van der Waals surface area contributed by atoms with Crippen molar-refractivity contribution in [1.29, 1.82) is 0 Å². The maximum atomic E-state index is 11.1. The van der Waals surface area contributed by atoms with E-state index in [1.807, 2.05) is 0 Å². The smallest absolute Gasteiger partial charge is 0.278 e. The molecule has 0 saturated heterocycles. The highest BCUT2D eigenvalue weighted by molar-refractivity contribution is 8.13. The zero-order chi connectivity index (χ0) is 15.8. The number of carbonyl (C=O) groups excluding carboxylic acids is 1. The van der Waals surface area contributed by atoms with Crippen molar-refractivity contribution in [2.45, 2.75) is 19.4 Å². The van der Waals surface area contributed by atoms with Crippen LogP contribution in [0.3, 0.4) is 0 Å². The van der Waals surface area contributed by atoms with E-state index < -0.39 is 11.5 Å². The predicted octanol–water partition coefficient (Wildman–Crippen LogP) is 2.14. The van der Waals surface area contributed by atoms with Gasteiger partial charge < -0.3 is 14.6 Å². The average molecular weight is 315 g/mol. The van der Waals surface area contributed by atoms with Crippen LogP contribution in [0.5, 0.6) is 11.5 Å². The van der Waals surface area contributed by atoms with E-state index in [0.29, 0.717) is 18.6 Å².